The van der Waals surface area contributed by atoms with E-state index < -0.39 is 18.0 Å². The van der Waals surface area contributed by atoms with Gasteiger partial charge in [-0.1, -0.05) is 27.2 Å². The van der Waals surface area contributed by atoms with Crippen LogP contribution < -0.4 is 10.6 Å². The van der Waals surface area contributed by atoms with Crippen LogP contribution in [0.3, 0.4) is 0 Å². The fourth-order valence-corrected chi connectivity index (χ4v) is 1.41. The number of hydrogen-bond donors (Lipinski definition) is 3. The topological polar surface area (TPSA) is 87.7 Å². The lowest BCUT2D eigenvalue weighted by molar-refractivity contribution is -0.139. The molecule has 3 N–H and O–H groups in total. The Bertz CT molecular complexity index is 269. The first-order chi connectivity index (χ1) is 8.97. The highest BCUT2D eigenvalue weighted by molar-refractivity contribution is 5.82. The van der Waals surface area contributed by atoms with E-state index in [4.69, 9.17) is 9.84 Å². The first-order valence-corrected chi connectivity index (χ1v) is 6.82. The lowest BCUT2D eigenvalue weighted by Gasteiger charge is -2.14. The van der Waals surface area contributed by atoms with Crippen LogP contribution in [0.5, 0.6) is 0 Å². The maximum atomic E-state index is 11.4. The van der Waals surface area contributed by atoms with Gasteiger partial charge in [0.2, 0.25) is 0 Å². The predicted molar refractivity (Wildman–Crippen MR) is 73.1 cm³/mol. The highest BCUT2D eigenvalue weighted by atomic mass is 16.5. The van der Waals surface area contributed by atoms with Crippen molar-refractivity contribution in [3.05, 3.63) is 0 Å². The highest BCUT2D eigenvalue weighted by Gasteiger charge is 2.18. The summed E-state index contributed by atoms with van der Waals surface area (Å²) >= 11 is 0. The number of hydrogen-bond acceptors (Lipinski definition) is 3. The minimum atomic E-state index is -1.01. The zero-order valence-electron chi connectivity index (χ0n) is 12.1. The fourth-order valence-electron chi connectivity index (χ4n) is 1.41. The van der Waals surface area contributed by atoms with Gasteiger partial charge in [-0.3, -0.25) is 0 Å². The molecule has 1 unspecified atom stereocenters. The molecule has 0 fully saturated rings. The Labute approximate surface area is 114 Å². The van der Waals surface area contributed by atoms with Crippen LogP contribution >= 0.6 is 0 Å². The molecule has 0 aliphatic heterocycles. The first-order valence-electron chi connectivity index (χ1n) is 6.82. The van der Waals surface area contributed by atoms with Crippen LogP contribution in [0.25, 0.3) is 0 Å². The van der Waals surface area contributed by atoms with E-state index in [1.54, 1.807) is 0 Å². The van der Waals surface area contributed by atoms with Crippen molar-refractivity contribution < 1.29 is 19.4 Å². The van der Waals surface area contributed by atoms with Gasteiger partial charge in [0.25, 0.3) is 0 Å². The third kappa shape index (κ3) is 10.3. The van der Waals surface area contributed by atoms with Crippen LogP contribution in [0.4, 0.5) is 4.79 Å². The Hall–Kier alpha value is -1.30. The third-order valence-electron chi connectivity index (χ3n) is 2.55. The van der Waals surface area contributed by atoms with Gasteiger partial charge in [0.1, 0.15) is 6.04 Å². The molecule has 0 heterocycles. The summed E-state index contributed by atoms with van der Waals surface area (Å²) in [4.78, 5) is 22.3. The second-order valence-corrected chi connectivity index (χ2v) is 4.87. The van der Waals surface area contributed by atoms with E-state index in [0.717, 1.165) is 6.42 Å². The van der Waals surface area contributed by atoms with Crippen LogP contribution in [-0.2, 0) is 9.53 Å². The number of urea groups is 1. The van der Waals surface area contributed by atoms with Crippen molar-refractivity contribution in [2.45, 2.75) is 46.1 Å². The van der Waals surface area contributed by atoms with Crippen LogP contribution in [0.15, 0.2) is 0 Å². The molecule has 0 rings (SSSR count). The van der Waals surface area contributed by atoms with E-state index in [2.05, 4.69) is 24.5 Å². The normalized spacial score (nSPS) is 12.2. The van der Waals surface area contributed by atoms with E-state index in [0.29, 0.717) is 38.5 Å². The third-order valence-corrected chi connectivity index (χ3v) is 2.55. The molecule has 6 heteroatoms. The van der Waals surface area contributed by atoms with Crippen molar-refractivity contribution in [1.82, 2.24) is 10.6 Å². The van der Waals surface area contributed by atoms with Crippen LogP contribution in [0.2, 0.25) is 0 Å². The number of carboxylic acids is 1. The molecule has 19 heavy (non-hydrogen) atoms. The van der Waals surface area contributed by atoms with E-state index >= 15 is 0 Å². The summed E-state index contributed by atoms with van der Waals surface area (Å²) in [7, 11) is 0. The second-order valence-electron chi connectivity index (χ2n) is 4.87. The summed E-state index contributed by atoms with van der Waals surface area (Å²) in [6.07, 6.45) is 2.12. The summed E-state index contributed by atoms with van der Waals surface area (Å²) in [6, 6.07) is -1.29. The Balaban J connectivity index is 3.65. The average Bonchev–Trinajstić information content (AvgIpc) is 2.32. The summed E-state index contributed by atoms with van der Waals surface area (Å²) in [5, 5.41) is 13.9. The molecular formula is C13H26N2O4. The van der Waals surface area contributed by atoms with E-state index in [-0.39, 0.29) is 0 Å². The van der Waals surface area contributed by atoms with Crippen molar-refractivity contribution in [1.29, 1.82) is 0 Å². The van der Waals surface area contributed by atoms with Gasteiger partial charge in [0.05, 0.1) is 6.61 Å². The molecule has 1 atom stereocenters. The highest BCUT2D eigenvalue weighted by Crippen LogP contribution is 1.98. The number of carbonyl (C=O) groups is 2. The van der Waals surface area contributed by atoms with Crippen molar-refractivity contribution in [2.24, 2.45) is 5.92 Å². The fraction of sp³-hybridized carbons (Fsp3) is 0.846. The van der Waals surface area contributed by atoms with Gasteiger partial charge in [0.15, 0.2) is 0 Å². The monoisotopic (exact) mass is 274 g/mol. The number of carboxylic acid groups (broad SMARTS) is 1. The number of carbonyl (C=O) groups excluding carboxylic acids is 1. The summed E-state index contributed by atoms with van der Waals surface area (Å²) < 4.78 is 5.34. The van der Waals surface area contributed by atoms with Gasteiger partial charge in [-0.15, -0.1) is 0 Å². The van der Waals surface area contributed by atoms with Gasteiger partial charge in [0, 0.05) is 13.2 Å². The molecule has 0 radical (unpaired) electrons. The molecule has 112 valence electrons. The first kappa shape index (κ1) is 17.7. The SMILES string of the molecule is CCCC(NC(=O)NCCOCCC(C)C)C(=O)O. The molecular weight excluding hydrogens is 248 g/mol. The lowest BCUT2D eigenvalue weighted by atomic mass is 10.1. The van der Waals surface area contributed by atoms with Crippen molar-refractivity contribution in [3.8, 4) is 0 Å². The van der Waals surface area contributed by atoms with Gasteiger partial charge in [-0.25, -0.2) is 9.59 Å². The molecule has 6 nitrogen and oxygen atoms in total. The van der Waals surface area contributed by atoms with Crippen molar-refractivity contribution in [2.75, 3.05) is 19.8 Å². The zero-order chi connectivity index (χ0) is 14.7. The Morgan fingerprint density at radius 3 is 2.42 bits per heavy atom. The molecule has 0 saturated carbocycles. The minimum absolute atomic E-state index is 0.377. The van der Waals surface area contributed by atoms with Gasteiger partial charge < -0.3 is 20.5 Å². The van der Waals surface area contributed by atoms with Crippen LogP contribution in [0.1, 0.15) is 40.0 Å². The van der Waals surface area contributed by atoms with E-state index in [1.807, 2.05) is 6.92 Å². The van der Waals surface area contributed by atoms with Gasteiger partial charge in [-0.2, -0.15) is 0 Å². The smallest absolute Gasteiger partial charge is 0.326 e. The van der Waals surface area contributed by atoms with E-state index in [1.165, 1.54) is 0 Å². The maximum Gasteiger partial charge on any atom is 0.326 e. The van der Waals surface area contributed by atoms with Crippen LogP contribution in [-0.4, -0.2) is 42.9 Å². The summed E-state index contributed by atoms with van der Waals surface area (Å²) in [6.45, 7) is 7.60. The molecule has 0 aliphatic rings. The van der Waals surface area contributed by atoms with Gasteiger partial charge >= 0.3 is 12.0 Å². The minimum Gasteiger partial charge on any atom is -0.480 e. The second kappa shape index (κ2) is 10.6. The molecule has 2 amide bonds. The zero-order valence-corrected chi connectivity index (χ0v) is 12.1. The molecule has 0 spiro atoms. The molecule has 0 aromatic rings. The predicted octanol–water partition coefficient (Wildman–Crippen LogP) is 1.60. The summed E-state index contributed by atoms with van der Waals surface area (Å²) in [5.41, 5.74) is 0. The molecule has 0 aromatic carbocycles. The number of rotatable bonds is 10. The number of amides is 2. The Morgan fingerprint density at radius 2 is 1.89 bits per heavy atom. The molecule has 0 bridgehead atoms. The Kier molecular flexibility index (Phi) is 9.88. The quantitative estimate of drug-likeness (QED) is 0.528. The molecule has 0 aromatic heterocycles. The van der Waals surface area contributed by atoms with Gasteiger partial charge in [-0.05, 0) is 18.8 Å². The van der Waals surface area contributed by atoms with Crippen molar-refractivity contribution in [3.63, 3.8) is 0 Å². The average molecular weight is 274 g/mol. The standard InChI is InChI=1S/C13H26N2O4/c1-4-5-11(12(16)17)15-13(18)14-7-9-19-8-6-10(2)3/h10-11H,4-9H2,1-3H3,(H,16,17)(H2,14,15,18). The molecule has 0 aliphatic carbocycles. The summed E-state index contributed by atoms with van der Waals surface area (Å²) in [5.74, 6) is -0.410. The van der Waals surface area contributed by atoms with E-state index in [9.17, 15) is 9.59 Å². The largest absolute Gasteiger partial charge is 0.480 e. The Morgan fingerprint density at radius 1 is 1.21 bits per heavy atom. The number of nitrogens with one attached hydrogen (secondary N) is 2. The molecule has 0 saturated heterocycles. The number of aliphatic carboxylic acids is 1. The number of ether oxygens (including phenoxy) is 1. The van der Waals surface area contributed by atoms with Crippen molar-refractivity contribution >= 4 is 12.0 Å². The lowest BCUT2D eigenvalue weighted by Crippen LogP contribution is -2.46. The maximum absolute atomic E-state index is 11.4. The van der Waals surface area contributed by atoms with Crippen LogP contribution in [0, 0.1) is 5.92 Å².